The zero-order chi connectivity index (χ0) is 22.3. The Morgan fingerprint density at radius 2 is 2.13 bits per heavy atom. The Labute approximate surface area is 187 Å². The maximum atomic E-state index is 13.1. The summed E-state index contributed by atoms with van der Waals surface area (Å²) in [5.74, 6) is -0.114. The molecule has 11 heteroatoms. The molecule has 2 heterocycles. The molecule has 1 fully saturated rings. The first kappa shape index (κ1) is 23.8. The van der Waals surface area contributed by atoms with Crippen molar-refractivity contribution in [2.24, 2.45) is 0 Å². The van der Waals surface area contributed by atoms with Gasteiger partial charge < -0.3 is 19.1 Å². The molecule has 2 aliphatic heterocycles. The largest absolute Gasteiger partial charge is 0.449 e. The van der Waals surface area contributed by atoms with Gasteiger partial charge >= 0.3 is 6.18 Å². The number of aryl methyl sites for hydroxylation is 1. The van der Waals surface area contributed by atoms with Crippen LogP contribution in [0, 0.1) is 6.92 Å². The van der Waals surface area contributed by atoms with Gasteiger partial charge in [0.1, 0.15) is 11.3 Å². The number of ether oxygens (including phenoxy) is 1. The second-order valence-corrected chi connectivity index (χ2v) is 10.0. The number of carbonyl (C=O) groups is 1. The Morgan fingerprint density at radius 3 is 2.73 bits per heavy atom. The molecule has 166 valence electrons. The number of hydrogen-bond donors (Lipinski definition) is 1. The molecule has 2 aliphatic rings. The van der Waals surface area contributed by atoms with Crippen LogP contribution in [0.4, 0.5) is 13.2 Å². The number of rotatable bonds is 5. The molecule has 1 saturated heterocycles. The molecule has 1 N–H and O–H groups in total. The van der Waals surface area contributed by atoms with Crippen LogP contribution in [0.5, 0.6) is 0 Å². The van der Waals surface area contributed by atoms with Gasteiger partial charge in [0.15, 0.2) is 6.61 Å². The molecule has 1 aromatic carbocycles. The minimum Gasteiger partial charge on any atom is -0.449 e. The van der Waals surface area contributed by atoms with E-state index in [0.717, 1.165) is 10.0 Å². The van der Waals surface area contributed by atoms with Gasteiger partial charge in [-0.05, 0) is 31.5 Å². The van der Waals surface area contributed by atoms with E-state index in [1.54, 1.807) is 13.0 Å². The lowest BCUT2D eigenvalue weighted by atomic mass is 9.85. The van der Waals surface area contributed by atoms with E-state index in [9.17, 15) is 18.0 Å². The maximum Gasteiger partial charge on any atom is 0.412 e. The van der Waals surface area contributed by atoms with Crippen LogP contribution in [0.3, 0.4) is 0 Å². The third-order valence-corrected chi connectivity index (χ3v) is 6.63. The first-order valence-corrected chi connectivity index (χ1v) is 12.0. The highest BCUT2D eigenvalue weighted by molar-refractivity contribution is 9.10. The summed E-state index contributed by atoms with van der Waals surface area (Å²) in [6.45, 7) is 4.05. The molecule has 1 amide bonds. The summed E-state index contributed by atoms with van der Waals surface area (Å²) in [6.07, 6.45) is -3.79. The average molecular weight is 531 g/mol. The fourth-order valence-corrected chi connectivity index (χ4v) is 5.75. The van der Waals surface area contributed by atoms with Crippen LogP contribution < -0.4 is 5.32 Å². The number of hydrogen-bond acceptors (Lipinski definition) is 4. The van der Waals surface area contributed by atoms with Gasteiger partial charge in [-0.2, -0.15) is 13.2 Å². The Bertz CT molecular complexity index is 859. The molecular weight excluding hydrogens is 510 g/mol. The van der Waals surface area contributed by atoms with Crippen molar-refractivity contribution in [3.63, 3.8) is 0 Å². The average Bonchev–Trinajstić information content (AvgIpc) is 2.83. The minimum absolute atomic E-state index is 0.169. The fraction of sp³-hybridized carbons (Fsp3) is 0.526. The molecule has 3 atom stereocenters. The monoisotopic (exact) mass is 529 g/mol. The van der Waals surface area contributed by atoms with Gasteiger partial charge in [0, 0.05) is 36.1 Å². The quantitative estimate of drug-likeness (QED) is 0.495. The lowest BCUT2D eigenvalue weighted by Crippen LogP contribution is -2.51. The molecule has 0 bridgehead atoms. The van der Waals surface area contributed by atoms with Crippen molar-refractivity contribution < 1.29 is 31.8 Å². The number of nitrogens with one attached hydrogen (secondary N) is 1. The van der Waals surface area contributed by atoms with Gasteiger partial charge in [-0.15, -0.1) is 0 Å². The molecule has 0 aliphatic carbocycles. The molecule has 1 spiro atoms. The van der Waals surface area contributed by atoms with Gasteiger partial charge in [0.2, 0.25) is 8.38 Å². The van der Waals surface area contributed by atoms with Gasteiger partial charge in [-0.3, -0.25) is 4.79 Å². The van der Waals surface area contributed by atoms with E-state index in [-0.39, 0.29) is 23.3 Å². The van der Waals surface area contributed by atoms with Crippen LogP contribution in [0.2, 0.25) is 5.02 Å². The number of carbonyl (C=O) groups excluding carboxylic acids is 1. The predicted molar refractivity (Wildman–Crippen MR) is 112 cm³/mol. The van der Waals surface area contributed by atoms with Gasteiger partial charge in [0.25, 0.3) is 5.91 Å². The molecular formula is C19H21BrClF3NO4P. The molecule has 5 nitrogen and oxygen atoms in total. The van der Waals surface area contributed by atoms with Gasteiger partial charge in [-0.25, -0.2) is 0 Å². The lowest BCUT2D eigenvalue weighted by Gasteiger charge is -2.38. The van der Waals surface area contributed by atoms with E-state index in [0.29, 0.717) is 30.0 Å². The van der Waals surface area contributed by atoms with Gasteiger partial charge in [0.05, 0.1) is 16.7 Å². The summed E-state index contributed by atoms with van der Waals surface area (Å²) >= 11 is 9.83. The van der Waals surface area contributed by atoms with Crippen LogP contribution in [0.25, 0.3) is 5.57 Å². The highest BCUT2D eigenvalue weighted by atomic mass is 79.9. The second-order valence-electron chi connectivity index (χ2n) is 7.37. The van der Waals surface area contributed by atoms with E-state index in [2.05, 4.69) is 21.2 Å². The van der Waals surface area contributed by atoms with Crippen molar-refractivity contribution in [3.8, 4) is 0 Å². The lowest BCUT2D eigenvalue weighted by molar-refractivity contribution is -0.153. The molecule has 0 radical (unpaired) electrons. The van der Waals surface area contributed by atoms with E-state index in [4.69, 9.17) is 25.4 Å². The molecule has 0 aromatic heterocycles. The third-order valence-electron chi connectivity index (χ3n) is 4.94. The number of amides is 1. The molecule has 3 rings (SSSR count). The first-order valence-electron chi connectivity index (χ1n) is 9.18. The second kappa shape index (κ2) is 8.94. The number of alkyl halides is 3. The topological polar surface area (TPSA) is 56.8 Å². The summed E-state index contributed by atoms with van der Waals surface area (Å²) in [6, 6.07) is 3.47. The number of halogens is 5. The standard InChI is InChI=1S/C19H21BrClF3NO4P/c1-10-6-12(20)7-13(21)14(10)15-16(29-30(3)28-9-19(22,23)24)18(25-17(15)26)4-5-27-11(2)8-18/h6-7,11H,4-5,8-9H2,1-3H3,(H,25,26). The summed E-state index contributed by atoms with van der Waals surface area (Å²) in [7, 11) is -1.95. The normalized spacial score (nSPS) is 25.6. The smallest absolute Gasteiger partial charge is 0.412 e. The summed E-state index contributed by atoms with van der Waals surface area (Å²) in [5, 5.41) is 3.32. The zero-order valence-electron chi connectivity index (χ0n) is 16.5. The molecule has 3 unspecified atom stereocenters. The highest BCUT2D eigenvalue weighted by Gasteiger charge is 2.51. The first-order chi connectivity index (χ1) is 13.9. The molecule has 0 saturated carbocycles. The van der Waals surface area contributed by atoms with E-state index in [1.807, 2.05) is 13.0 Å². The van der Waals surface area contributed by atoms with Crippen molar-refractivity contribution in [3.05, 3.63) is 38.5 Å². The third kappa shape index (κ3) is 5.13. The van der Waals surface area contributed by atoms with Crippen molar-refractivity contribution in [1.82, 2.24) is 5.32 Å². The Hall–Kier alpha value is -0.860. The van der Waals surface area contributed by atoms with Crippen LogP contribution in [-0.4, -0.2) is 43.6 Å². The highest BCUT2D eigenvalue weighted by Crippen LogP contribution is 2.50. The van der Waals surface area contributed by atoms with E-state index >= 15 is 0 Å². The zero-order valence-corrected chi connectivity index (χ0v) is 19.8. The Morgan fingerprint density at radius 1 is 1.43 bits per heavy atom. The van der Waals surface area contributed by atoms with Crippen molar-refractivity contribution in [1.29, 1.82) is 0 Å². The SMILES string of the molecule is Cc1cc(Br)cc(Cl)c1C1=C(OP(C)OCC(F)(F)F)C2(CCOC(C)C2)NC1=O. The van der Waals surface area contributed by atoms with E-state index < -0.39 is 26.7 Å². The Kier molecular flexibility index (Phi) is 7.09. The van der Waals surface area contributed by atoms with Crippen LogP contribution in [0.1, 0.15) is 30.9 Å². The summed E-state index contributed by atoms with van der Waals surface area (Å²) < 4.78 is 55.0. The van der Waals surface area contributed by atoms with Crippen molar-refractivity contribution in [2.75, 3.05) is 19.9 Å². The minimum atomic E-state index is -4.47. The van der Waals surface area contributed by atoms with Crippen LogP contribution in [-0.2, 0) is 18.6 Å². The summed E-state index contributed by atoms with van der Waals surface area (Å²) in [4.78, 5) is 13.1. The maximum absolute atomic E-state index is 13.1. The number of benzene rings is 1. The predicted octanol–water partition coefficient (Wildman–Crippen LogP) is 5.73. The fourth-order valence-electron chi connectivity index (χ4n) is 3.78. The van der Waals surface area contributed by atoms with Crippen molar-refractivity contribution in [2.45, 2.75) is 44.5 Å². The van der Waals surface area contributed by atoms with Crippen LogP contribution >= 0.6 is 35.9 Å². The van der Waals surface area contributed by atoms with E-state index in [1.165, 1.54) is 6.66 Å². The molecule has 1 aromatic rings. The molecule has 30 heavy (non-hydrogen) atoms. The van der Waals surface area contributed by atoms with Gasteiger partial charge in [-0.1, -0.05) is 27.5 Å². The Balaban J connectivity index is 2.07. The summed E-state index contributed by atoms with van der Waals surface area (Å²) in [5.41, 5.74) is 0.562. The van der Waals surface area contributed by atoms with Crippen LogP contribution in [0.15, 0.2) is 22.4 Å². The van der Waals surface area contributed by atoms with Crippen molar-refractivity contribution >= 4 is 47.4 Å².